The van der Waals surface area contributed by atoms with Gasteiger partial charge in [-0.1, -0.05) is 31.1 Å². The van der Waals surface area contributed by atoms with Crippen LogP contribution in [0.4, 0.5) is 5.69 Å². The van der Waals surface area contributed by atoms with Crippen LogP contribution in [0.25, 0.3) is 11.5 Å². The van der Waals surface area contributed by atoms with E-state index >= 15 is 0 Å². The molecule has 1 aromatic carbocycles. The molecule has 0 saturated carbocycles. The molecule has 1 saturated heterocycles. The summed E-state index contributed by atoms with van der Waals surface area (Å²) in [7, 11) is 0. The fraction of sp³-hybridized carbons (Fsp3) is 0.471. The van der Waals surface area contributed by atoms with Crippen LogP contribution in [0.3, 0.4) is 0 Å². The summed E-state index contributed by atoms with van der Waals surface area (Å²) in [6.45, 7) is 7.09. The third kappa shape index (κ3) is 3.47. The zero-order valence-electron chi connectivity index (χ0n) is 14.0. The van der Waals surface area contributed by atoms with Crippen LogP contribution in [0, 0.1) is 6.92 Å². The molecular formula is C17H21N3O4. The molecule has 2 aromatic rings. The highest BCUT2D eigenvalue weighted by atomic mass is 16.6. The van der Waals surface area contributed by atoms with Crippen molar-refractivity contribution < 1.29 is 18.8 Å². The Balaban J connectivity index is 1.88. The molecule has 3 rings (SSSR count). The third-order valence-electron chi connectivity index (χ3n) is 3.82. The minimum atomic E-state index is -0.611. The summed E-state index contributed by atoms with van der Waals surface area (Å²) in [4.78, 5) is 16.9. The molecule has 128 valence electrons. The van der Waals surface area contributed by atoms with Gasteiger partial charge in [-0.2, -0.15) is 4.98 Å². The van der Waals surface area contributed by atoms with Gasteiger partial charge in [-0.3, -0.25) is 4.79 Å². The third-order valence-corrected chi connectivity index (χ3v) is 3.82. The zero-order valence-corrected chi connectivity index (χ0v) is 14.0. The molecule has 0 unspecified atom stereocenters. The van der Waals surface area contributed by atoms with Gasteiger partial charge in [-0.25, -0.2) is 0 Å². The van der Waals surface area contributed by atoms with Crippen LogP contribution >= 0.6 is 0 Å². The number of nitrogens with one attached hydrogen (secondary N) is 1. The van der Waals surface area contributed by atoms with Gasteiger partial charge in [0.05, 0.1) is 31.1 Å². The maximum Gasteiger partial charge on any atom is 0.260 e. The summed E-state index contributed by atoms with van der Waals surface area (Å²) in [6, 6.07) is 5.65. The standard InChI is InChI=1S/C17H21N3O4/c1-10(2)15-19-17(24-20-15)12-6-4-5-11(3)14(12)18-16(21)13-9-22-7-8-23-13/h4-6,10,13H,7-9H2,1-3H3,(H,18,21)/t13-/m1/s1. The second-order valence-corrected chi connectivity index (χ2v) is 6.03. The largest absolute Gasteiger partial charge is 0.376 e. The summed E-state index contributed by atoms with van der Waals surface area (Å²) in [6.07, 6.45) is -0.611. The van der Waals surface area contributed by atoms with Crippen molar-refractivity contribution in [3.8, 4) is 11.5 Å². The second kappa shape index (κ2) is 7.11. The summed E-state index contributed by atoms with van der Waals surface area (Å²) >= 11 is 0. The number of hydrogen-bond donors (Lipinski definition) is 1. The average molecular weight is 331 g/mol. The van der Waals surface area contributed by atoms with Crippen molar-refractivity contribution in [1.82, 2.24) is 10.1 Å². The molecule has 1 aliphatic heterocycles. The molecule has 0 spiro atoms. The van der Waals surface area contributed by atoms with Crippen molar-refractivity contribution in [2.75, 3.05) is 25.1 Å². The molecule has 2 heterocycles. The van der Waals surface area contributed by atoms with E-state index in [4.69, 9.17) is 14.0 Å². The number of rotatable bonds is 4. The number of ether oxygens (including phenoxy) is 2. The lowest BCUT2D eigenvalue weighted by Crippen LogP contribution is -2.39. The van der Waals surface area contributed by atoms with Crippen LogP contribution < -0.4 is 5.32 Å². The number of hydrogen-bond acceptors (Lipinski definition) is 6. The quantitative estimate of drug-likeness (QED) is 0.926. The lowest BCUT2D eigenvalue weighted by molar-refractivity contribution is -0.142. The maximum absolute atomic E-state index is 12.4. The van der Waals surface area contributed by atoms with Crippen LogP contribution in [0.15, 0.2) is 22.7 Å². The Morgan fingerprint density at radius 1 is 1.33 bits per heavy atom. The number of anilines is 1. The molecule has 7 heteroatoms. The Labute approximate surface area is 140 Å². The van der Waals surface area contributed by atoms with Gasteiger partial charge < -0.3 is 19.3 Å². The molecule has 1 aromatic heterocycles. The highest BCUT2D eigenvalue weighted by molar-refractivity contribution is 5.98. The number of aromatic nitrogens is 2. The topological polar surface area (TPSA) is 86.5 Å². The van der Waals surface area contributed by atoms with Gasteiger partial charge in [0.2, 0.25) is 0 Å². The monoisotopic (exact) mass is 331 g/mol. The average Bonchev–Trinajstić information content (AvgIpc) is 3.07. The molecule has 0 radical (unpaired) electrons. The van der Waals surface area contributed by atoms with Crippen LogP contribution in [-0.4, -0.2) is 42.0 Å². The van der Waals surface area contributed by atoms with Gasteiger partial charge in [-0.15, -0.1) is 0 Å². The van der Waals surface area contributed by atoms with E-state index in [0.29, 0.717) is 36.2 Å². The van der Waals surface area contributed by atoms with Crippen LogP contribution in [0.2, 0.25) is 0 Å². The SMILES string of the molecule is Cc1cccc(-c2nc(C(C)C)no2)c1NC(=O)[C@H]1COCCO1. The summed E-state index contributed by atoms with van der Waals surface area (Å²) in [5.74, 6) is 0.943. The minimum Gasteiger partial charge on any atom is -0.376 e. The van der Waals surface area contributed by atoms with Gasteiger partial charge >= 0.3 is 0 Å². The number of carbonyl (C=O) groups excluding carboxylic acids is 1. The van der Waals surface area contributed by atoms with Crippen LogP contribution in [0.1, 0.15) is 31.2 Å². The maximum atomic E-state index is 12.4. The van der Waals surface area contributed by atoms with Crippen molar-refractivity contribution in [3.63, 3.8) is 0 Å². The van der Waals surface area contributed by atoms with Gasteiger partial charge in [0.25, 0.3) is 11.8 Å². The molecule has 7 nitrogen and oxygen atoms in total. The minimum absolute atomic E-state index is 0.165. The first-order chi connectivity index (χ1) is 11.6. The molecule has 1 fully saturated rings. The molecular weight excluding hydrogens is 310 g/mol. The first kappa shape index (κ1) is 16.6. The fourth-order valence-corrected chi connectivity index (χ4v) is 2.43. The molecule has 0 bridgehead atoms. The molecule has 1 aliphatic rings. The van der Waals surface area contributed by atoms with E-state index < -0.39 is 6.10 Å². The molecule has 1 amide bonds. The van der Waals surface area contributed by atoms with Gasteiger partial charge in [0.15, 0.2) is 11.9 Å². The number of aryl methyl sites for hydroxylation is 1. The summed E-state index contributed by atoms with van der Waals surface area (Å²) in [5.41, 5.74) is 2.25. The van der Waals surface area contributed by atoms with E-state index in [1.165, 1.54) is 0 Å². The summed E-state index contributed by atoms with van der Waals surface area (Å²) in [5, 5.41) is 6.90. The first-order valence-electron chi connectivity index (χ1n) is 8.00. The number of benzene rings is 1. The smallest absolute Gasteiger partial charge is 0.260 e. The number of amides is 1. The Morgan fingerprint density at radius 3 is 2.83 bits per heavy atom. The Hall–Kier alpha value is -2.25. The summed E-state index contributed by atoms with van der Waals surface area (Å²) < 4.78 is 16.1. The number of carbonyl (C=O) groups is 1. The van der Waals surface area contributed by atoms with Crippen molar-refractivity contribution in [2.45, 2.75) is 32.8 Å². The van der Waals surface area contributed by atoms with Crippen LogP contribution in [0.5, 0.6) is 0 Å². The van der Waals surface area contributed by atoms with Crippen molar-refractivity contribution in [2.24, 2.45) is 0 Å². The fourth-order valence-electron chi connectivity index (χ4n) is 2.43. The predicted octanol–water partition coefficient (Wildman–Crippen LogP) is 2.52. The van der Waals surface area contributed by atoms with E-state index in [0.717, 1.165) is 5.56 Å². The second-order valence-electron chi connectivity index (χ2n) is 6.03. The van der Waals surface area contributed by atoms with E-state index in [1.54, 1.807) is 0 Å². The van der Waals surface area contributed by atoms with Crippen LogP contribution in [-0.2, 0) is 14.3 Å². The Morgan fingerprint density at radius 2 is 2.17 bits per heavy atom. The van der Waals surface area contributed by atoms with E-state index in [2.05, 4.69) is 15.5 Å². The highest BCUT2D eigenvalue weighted by Crippen LogP contribution is 2.30. The van der Waals surface area contributed by atoms with Gasteiger partial charge in [-0.05, 0) is 18.6 Å². The molecule has 1 atom stereocenters. The van der Waals surface area contributed by atoms with E-state index in [-0.39, 0.29) is 18.4 Å². The van der Waals surface area contributed by atoms with Gasteiger partial charge in [0, 0.05) is 5.92 Å². The normalized spacial score (nSPS) is 17.9. The lowest BCUT2D eigenvalue weighted by Gasteiger charge is -2.23. The molecule has 0 aliphatic carbocycles. The van der Waals surface area contributed by atoms with Crippen molar-refractivity contribution in [1.29, 1.82) is 0 Å². The van der Waals surface area contributed by atoms with Crippen molar-refractivity contribution in [3.05, 3.63) is 29.6 Å². The number of para-hydroxylation sites is 1. The van der Waals surface area contributed by atoms with Crippen molar-refractivity contribution >= 4 is 11.6 Å². The Kier molecular flexibility index (Phi) is 4.92. The van der Waals surface area contributed by atoms with E-state index in [1.807, 2.05) is 39.0 Å². The number of nitrogens with zero attached hydrogens (tertiary/aromatic N) is 2. The highest BCUT2D eigenvalue weighted by Gasteiger charge is 2.25. The lowest BCUT2D eigenvalue weighted by atomic mass is 10.1. The van der Waals surface area contributed by atoms with E-state index in [9.17, 15) is 4.79 Å². The van der Waals surface area contributed by atoms with Gasteiger partial charge in [0.1, 0.15) is 0 Å². The molecule has 24 heavy (non-hydrogen) atoms. The first-order valence-corrected chi connectivity index (χ1v) is 8.00. The molecule has 1 N–H and O–H groups in total. The Bertz CT molecular complexity index is 720. The zero-order chi connectivity index (χ0) is 17.1. The predicted molar refractivity (Wildman–Crippen MR) is 87.7 cm³/mol.